The summed E-state index contributed by atoms with van der Waals surface area (Å²) < 4.78 is 2.65. The Labute approximate surface area is 126 Å². The Bertz CT molecular complexity index is 604. The van der Waals surface area contributed by atoms with Crippen LogP contribution in [-0.2, 0) is 0 Å². The van der Waals surface area contributed by atoms with Crippen molar-refractivity contribution in [2.45, 2.75) is 56.9 Å². The fraction of sp³-hybridized carbons (Fsp3) is 0.611. The monoisotopic (exact) mass is 283 g/mol. The highest BCUT2D eigenvalue weighted by Gasteiger charge is 2.25. The van der Waals surface area contributed by atoms with Crippen LogP contribution in [0.1, 0.15) is 62.6 Å². The predicted molar refractivity (Wildman–Crippen MR) is 86.7 cm³/mol. The van der Waals surface area contributed by atoms with Gasteiger partial charge in [-0.3, -0.25) is 4.98 Å². The third kappa shape index (κ3) is 2.48. The summed E-state index contributed by atoms with van der Waals surface area (Å²) in [5.41, 5.74) is 4.11. The van der Waals surface area contributed by atoms with Crippen molar-refractivity contribution >= 4 is 11.0 Å². The van der Waals surface area contributed by atoms with Gasteiger partial charge in [0.1, 0.15) is 0 Å². The van der Waals surface area contributed by atoms with Gasteiger partial charge in [-0.15, -0.1) is 0 Å². The fourth-order valence-corrected chi connectivity index (χ4v) is 4.26. The van der Waals surface area contributed by atoms with E-state index in [1.165, 1.54) is 56.0 Å². The van der Waals surface area contributed by atoms with E-state index in [0.29, 0.717) is 6.04 Å². The Morgan fingerprint density at radius 1 is 1.05 bits per heavy atom. The van der Waals surface area contributed by atoms with E-state index in [2.05, 4.69) is 33.1 Å². The Kier molecular flexibility index (Phi) is 3.68. The molecule has 0 atom stereocenters. The minimum Gasteiger partial charge on any atom is -0.340 e. The largest absolute Gasteiger partial charge is 0.340 e. The predicted octanol–water partition coefficient (Wildman–Crippen LogP) is 4.01. The number of rotatable bonds is 2. The second-order valence-corrected chi connectivity index (χ2v) is 6.66. The highest BCUT2D eigenvalue weighted by atomic mass is 15.1. The highest BCUT2D eigenvalue weighted by molar-refractivity contribution is 5.77. The third-order valence-electron chi connectivity index (χ3n) is 5.34. The summed E-state index contributed by atoms with van der Waals surface area (Å²) in [6.07, 6.45) is 11.4. The summed E-state index contributed by atoms with van der Waals surface area (Å²) >= 11 is 0. The second kappa shape index (κ2) is 5.80. The summed E-state index contributed by atoms with van der Waals surface area (Å²) in [5.74, 6) is 0.753. The minimum absolute atomic E-state index is 0.657. The van der Waals surface area contributed by atoms with Crippen molar-refractivity contribution in [1.29, 1.82) is 0 Å². The van der Waals surface area contributed by atoms with Crippen molar-refractivity contribution in [3.63, 3.8) is 0 Å². The van der Waals surface area contributed by atoms with E-state index < -0.39 is 0 Å². The lowest BCUT2D eigenvalue weighted by molar-refractivity contribution is 0.349. The quantitative estimate of drug-likeness (QED) is 0.902. The van der Waals surface area contributed by atoms with Crippen LogP contribution in [0.15, 0.2) is 24.4 Å². The Balaban J connectivity index is 1.79. The molecule has 1 aliphatic carbocycles. The molecule has 0 bridgehead atoms. The fourth-order valence-electron chi connectivity index (χ4n) is 4.26. The van der Waals surface area contributed by atoms with Crippen molar-refractivity contribution in [1.82, 2.24) is 14.9 Å². The normalized spacial score (nSPS) is 21.9. The van der Waals surface area contributed by atoms with Gasteiger partial charge in [0.25, 0.3) is 0 Å². The Hall–Kier alpha value is -1.35. The van der Waals surface area contributed by atoms with Crippen LogP contribution in [0.3, 0.4) is 0 Å². The zero-order chi connectivity index (χ0) is 14.1. The highest BCUT2D eigenvalue weighted by Crippen LogP contribution is 2.38. The molecule has 0 unspecified atom stereocenters. The van der Waals surface area contributed by atoms with Gasteiger partial charge in [-0.1, -0.05) is 19.3 Å². The molecule has 0 spiro atoms. The van der Waals surface area contributed by atoms with Gasteiger partial charge in [-0.05, 0) is 62.9 Å². The number of pyridine rings is 1. The van der Waals surface area contributed by atoms with E-state index in [9.17, 15) is 0 Å². The van der Waals surface area contributed by atoms with E-state index >= 15 is 0 Å². The average Bonchev–Trinajstić information content (AvgIpc) is 2.96. The summed E-state index contributed by atoms with van der Waals surface area (Å²) in [4.78, 5) is 4.62. The lowest BCUT2D eigenvalue weighted by Gasteiger charge is -2.30. The maximum Gasteiger partial charge on any atom is 0.0884 e. The molecule has 1 aliphatic heterocycles. The maximum atomic E-state index is 4.62. The number of fused-ring (bicyclic) bond motifs is 1. The number of hydrogen-bond donors (Lipinski definition) is 1. The Morgan fingerprint density at radius 3 is 2.67 bits per heavy atom. The van der Waals surface area contributed by atoms with Crippen molar-refractivity contribution in [2.24, 2.45) is 0 Å². The van der Waals surface area contributed by atoms with Crippen molar-refractivity contribution in [2.75, 3.05) is 13.1 Å². The first-order valence-electron chi connectivity index (χ1n) is 8.60. The molecule has 1 saturated carbocycles. The number of nitrogens with one attached hydrogen (secondary N) is 1. The topological polar surface area (TPSA) is 29.9 Å². The smallest absolute Gasteiger partial charge is 0.0884 e. The van der Waals surface area contributed by atoms with Crippen LogP contribution in [0.2, 0.25) is 0 Å². The molecule has 21 heavy (non-hydrogen) atoms. The SMILES string of the molecule is c1cnc2cc(C3CCCCC3)n(C3CCNCC3)c2c1. The standard InChI is InChI=1S/C18H25N3/c1-2-5-14(6-3-1)18-13-16-17(7-4-10-20-16)21(18)15-8-11-19-12-9-15/h4,7,10,13-15,19H,1-3,5-6,8-9,11-12H2. The van der Waals surface area contributed by atoms with Crippen LogP contribution >= 0.6 is 0 Å². The van der Waals surface area contributed by atoms with Gasteiger partial charge < -0.3 is 9.88 Å². The second-order valence-electron chi connectivity index (χ2n) is 6.66. The van der Waals surface area contributed by atoms with Gasteiger partial charge in [-0.25, -0.2) is 0 Å². The third-order valence-corrected chi connectivity index (χ3v) is 5.34. The van der Waals surface area contributed by atoms with Crippen LogP contribution in [0.25, 0.3) is 11.0 Å². The van der Waals surface area contributed by atoms with E-state index in [-0.39, 0.29) is 0 Å². The molecule has 4 rings (SSSR count). The molecule has 0 amide bonds. The average molecular weight is 283 g/mol. The molecular weight excluding hydrogens is 258 g/mol. The van der Waals surface area contributed by atoms with Gasteiger partial charge in [0.2, 0.25) is 0 Å². The first-order chi connectivity index (χ1) is 10.4. The van der Waals surface area contributed by atoms with Gasteiger partial charge >= 0.3 is 0 Å². The molecule has 2 fully saturated rings. The number of aromatic nitrogens is 2. The number of hydrogen-bond acceptors (Lipinski definition) is 2. The van der Waals surface area contributed by atoms with Crippen LogP contribution in [0.5, 0.6) is 0 Å². The van der Waals surface area contributed by atoms with Crippen molar-refractivity contribution in [3.8, 4) is 0 Å². The molecule has 2 aromatic rings. The minimum atomic E-state index is 0.657. The van der Waals surface area contributed by atoms with Gasteiger partial charge in [0, 0.05) is 17.9 Å². The molecule has 3 heteroatoms. The first-order valence-corrected chi connectivity index (χ1v) is 8.60. The molecule has 0 radical (unpaired) electrons. The Morgan fingerprint density at radius 2 is 1.86 bits per heavy atom. The molecular formula is C18H25N3. The molecule has 2 aromatic heterocycles. The van der Waals surface area contributed by atoms with Gasteiger partial charge in [0.05, 0.1) is 11.0 Å². The van der Waals surface area contributed by atoms with Crippen molar-refractivity contribution < 1.29 is 0 Å². The van der Waals surface area contributed by atoms with E-state index in [1.807, 2.05) is 6.20 Å². The summed E-state index contributed by atoms with van der Waals surface area (Å²) in [6.45, 7) is 2.30. The van der Waals surface area contributed by atoms with Crippen LogP contribution in [0, 0.1) is 0 Å². The zero-order valence-electron chi connectivity index (χ0n) is 12.7. The number of piperidine rings is 1. The van der Waals surface area contributed by atoms with Crippen molar-refractivity contribution in [3.05, 3.63) is 30.1 Å². The molecule has 3 nitrogen and oxygen atoms in total. The first kappa shape index (κ1) is 13.3. The molecule has 1 N–H and O–H groups in total. The van der Waals surface area contributed by atoms with Crippen LogP contribution < -0.4 is 5.32 Å². The summed E-state index contributed by atoms with van der Waals surface area (Å²) in [5, 5.41) is 3.49. The molecule has 2 aliphatic rings. The summed E-state index contributed by atoms with van der Waals surface area (Å²) in [7, 11) is 0. The molecule has 0 aromatic carbocycles. The zero-order valence-corrected chi connectivity index (χ0v) is 12.7. The van der Waals surface area contributed by atoms with E-state index in [1.54, 1.807) is 5.69 Å². The maximum absolute atomic E-state index is 4.62. The molecule has 3 heterocycles. The molecule has 112 valence electrons. The van der Waals surface area contributed by atoms with Crippen LogP contribution in [0.4, 0.5) is 0 Å². The lowest BCUT2D eigenvalue weighted by atomic mass is 9.86. The number of nitrogens with zero attached hydrogens (tertiary/aromatic N) is 2. The lowest BCUT2D eigenvalue weighted by Crippen LogP contribution is -2.30. The van der Waals surface area contributed by atoms with E-state index in [4.69, 9.17) is 0 Å². The van der Waals surface area contributed by atoms with E-state index in [0.717, 1.165) is 19.0 Å². The summed E-state index contributed by atoms with van der Waals surface area (Å²) in [6, 6.07) is 7.39. The van der Waals surface area contributed by atoms with Gasteiger partial charge in [0.15, 0.2) is 0 Å². The molecule has 1 saturated heterocycles. The van der Waals surface area contributed by atoms with Gasteiger partial charge in [-0.2, -0.15) is 0 Å². The van der Waals surface area contributed by atoms with Crippen LogP contribution in [-0.4, -0.2) is 22.6 Å².